The maximum absolute atomic E-state index is 14.6. The Morgan fingerprint density at radius 3 is 1.87 bits per heavy atom. The lowest BCUT2D eigenvalue weighted by atomic mass is 9.99. The first-order valence-electron chi connectivity index (χ1n) is 9.86. The summed E-state index contributed by atoms with van der Waals surface area (Å²) in [6.45, 7) is 2.36. The van der Waals surface area contributed by atoms with Crippen LogP contribution in [-0.4, -0.2) is 13.0 Å². The zero-order valence-corrected chi connectivity index (χ0v) is 16.8. The average molecular weight is 436 g/mol. The smallest absolute Gasteiger partial charge is 0.490 e. The second-order valence-electron chi connectivity index (χ2n) is 6.94. The zero-order chi connectivity index (χ0) is 22.4. The predicted molar refractivity (Wildman–Crippen MR) is 109 cm³/mol. The first-order valence-corrected chi connectivity index (χ1v) is 9.86. The molecule has 164 valence electrons. The normalized spacial score (nSPS) is 11.4. The van der Waals surface area contributed by atoms with Gasteiger partial charge < -0.3 is 9.47 Å². The van der Waals surface area contributed by atoms with Crippen molar-refractivity contribution in [2.75, 3.05) is 6.61 Å². The molecule has 0 saturated heterocycles. The molecule has 0 atom stereocenters. The number of rotatable bonds is 8. The van der Waals surface area contributed by atoms with E-state index in [0.717, 1.165) is 19.3 Å². The Bertz CT molecular complexity index is 996. The van der Waals surface area contributed by atoms with E-state index in [1.807, 2.05) is 6.92 Å². The molecule has 0 amide bonds. The lowest BCUT2D eigenvalue weighted by Gasteiger charge is -2.11. The van der Waals surface area contributed by atoms with Crippen molar-refractivity contribution in [2.24, 2.45) is 0 Å². The van der Waals surface area contributed by atoms with E-state index in [0.29, 0.717) is 23.3 Å². The summed E-state index contributed by atoms with van der Waals surface area (Å²) in [5.74, 6) is -2.45. The van der Waals surface area contributed by atoms with E-state index in [9.17, 15) is 22.0 Å². The van der Waals surface area contributed by atoms with Crippen LogP contribution in [0.1, 0.15) is 26.2 Å². The van der Waals surface area contributed by atoms with Crippen LogP contribution >= 0.6 is 0 Å². The van der Waals surface area contributed by atoms with Crippen molar-refractivity contribution in [1.82, 2.24) is 0 Å². The summed E-state index contributed by atoms with van der Waals surface area (Å²) in [7, 11) is 0. The maximum atomic E-state index is 14.6. The van der Waals surface area contributed by atoms with Gasteiger partial charge in [-0.3, -0.25) is 0 Å². The van der Waals surface area contributed by atoms with Crippen LogP contribution in [0.2, 0.25) is 0 Å². The molecule has 0 aliphatic rings. The van der Waals surface area contributed by atoms with Gasteiger partial charge in [0.05, 0.1) is 6.61 Å². The third kappa shape index (κ3) is 5.96. The van der Waals surface area contributed by atoms with Gasteiger partial charge in [0, 0.05) is 5.56 Å². The van der Waals surface area contributed by atoms with Crippen molar-refractivity contribution < 1.29 is 31.4 Å². The molecule has 0 unspecified atom stereocenters. The Balaban J connectivity index is 1.74. The highest BCUT2D eigenvalue weighted by Crippen LogP contribution is 2.32. The highest BCUT2D eigenvalue weighted by molar-refractivity contribution is 5.71. The molecule has 3 rings (SSSR count). The Kier molecular flexibility index (Phi) is 7.15. The van der Waals surface area contributed by atoms with Crippen LogP contribution < -0.4 is 9.47 Å². The molecule has 0 aliphatic heterocycles. The van der Waals surface area contributed by atoms with Gasteiger partial charge in [-0.15, -0.1) is 13.2 Å². The first-order chi connectivity index (χ1) is 14.8. The topological polar surface area (TPSA) is 18.5 Å². The van der Waals surface area contributed by atoms with Crippen LogP contribution in [0.25, 0.3) is 22.3 Å². The van der Waals surface area contributed by atoms with E-state index in [4.69, 9.17) is 4.74 Å². The molecular weight excluding hydrogens is 415 g/mol. The molecule has 31 heavy (non-hydrogen) atoms. The molecule has 0 fully saturated rings. The molecule has 0 saturated carbocycles. The van der Waals surface area contributed by atoms with Gasteiger partial charge in [0.25, 0.3) is 0 Å². The van der Waals surface area contributed by atoms with Gasteiger partial charge in [-0.25, -0.2) is 4.39 Å². The van der Waals surface area contributed by atoms with Crippen molar-refractivity contribution in [3.8, 4) is 33.8 Å². The van der Waals surface area contributed by atoms with Gasteiger partial charge in [-0.2, -0.15) is 4.39 Å². The molecular formula is C24H21F5O2. The molecule has 3 aromatic carbocycles. The van der Waals surface area contributed by atoms with E-state index in [-0.39, 0.29) is 17.1 Å². The Morgan fingerprint density at radius 2 is 1.29 bits per heavy atom. The van der Waals surface area contributed by atoms with Gasteiger partial charge >= 0.3 is 6.36 Å². The van der Waals surface area contributed by atoms with Crippen molar-refractivity contribution in [3.05, 3.63) is 72.3 Å². The van der Waals surface area contributed by atoms with E-state index in [2.05, 4.69) is 4.74 Å². The quantitative estimate of drug-likeness (QED) is 0.265. The van der Waals surface area contributed by atoms with Crippen molar-refractivity contribution >= 4 is 0 Å². The van der Waals surface area contributed by atoms with Gasteiger partial charge in [-0.05, 0) is 47.4 Å². The fourth-order valence-electron chi connectivity index (χ4n) is 3.09. The number of hydrogen-bond donors (Lipinski definition) is 0. The highest BCUT2D eigenvalue weighted by atomic mass is 19.4. The minimum atomic E-state index is -4.75. The third-order valence-corrected chi connectivity index (χ3v) is 4.67. The van der Waals surface area contributed by atoms with E-state index in [1.165, 1.54) is 36.4 Å². The molecule has 0 aliphatic carbocycles. The molecule has 3 aromatic rings. The second-order valence-corrected chi connectivity index (χ2v) is 6.94. The number of benzene rings is 3. The van der Waals surface area contributed by atoms with E-state index < -0.39 is 18.0 Å². The van der Waals surface area contributed by atoms with Crippen molar-refractivity contribution in [2.45, 2.75) is 32.5 Å². The molecule has 0 bridgehead atoms. The summed E-state index contributed by atoms with van der Waals surface area (Å²) >= 11 is 0. The summed E-state index contributed by atoms with van der Waals surface area (Å²) < 4.78 is 74.9. The summed E-state index contributed by atoms with van der Waals surface area (Å²) in [6, 6.07) is 14.9. The van der Waals surface area contributed by atoms with Gasteiger partial charge in [0.2, 0.25) is 5.82 Å². The van der Waals surface area contributed by atoms with Crippen LogP contribution in [0.5, 0.6) is 11.5 Å². The summed E-state index contributed by atoms with van der Waals surface area (Å²) in [5, 5.41) is 0. The predicted octanol–water partition coefficient (Wildman–Crippen LogP) is 7.77. The fourth-order valence-corrected chi connectivity index (χ4v) is 3.09. The van der Waals surface area contributed by atoms with E-state index in [1.54, 1.807) is 24.3 Å². The monoisotopic (exact) mass is 436 g/mol. The summed E-state index contributed by atoms with van der Waals surface area (Å²) in [4.78, 5) is 0. The fraction of sp³-hybridized carbons (Fsp3) is 0.250. The minimum Gasteiger partial charge on any atom is -0.490 e. The standard InChI is InChI=1S/C24H21F5O2/c1-2-3-4-15-30-21-14-13-20(22(25)23(21)26)18-7-5-16(6-8-18)17-9-11-19(12-10-17)31-24(27,28)29/h5-14H,2-4,15H2,1H3. The highest BCUT2D eigenvalue weighted by Gasteiger charge is 2.30. The molecule has 0 heterocycles. The van der Waals surface area contributed by atoms with Crippen LogP contribution in [0.3, 0.4) is 0 Å². The van der Waals surface area contributed by atoms with Crippen LogP contribution in [0, 0.1) is 11.6 Å². The van der Waals surface area contributed by atoms with Crippen LogP contribution in [0.4, 0.5) is 22.0 Å². The zero-order valence-electron chi connectivity index (χ0n) is 16.8. The third-order valence-electron chi connectivity index (χ3n) is 4.67. The Hall–Kier alpha value is -3.09. The van der Waals surface area contributed by atoms with Crippen molar-refractivity contribution in [3.63, 3.8) is 0 Å². The van der Waals surface area contributed by atoms with Crippen LogP contribution in [0.15, 0.2) is 60.7 Å². The maximum Gasteiger partial charge on any atom is 0.573 e. The number of ether oxygens (including phenoxy) is 2. The first kappa shape index (κ1) is 22.6. The van der Waals surface area contributed by atoms with E-state index >= 15 is 0 Å². The second kappa shape index (κ2) is 9.81. The largest absolute Gasteiger partial charge is 0.573 e. The minimum absolute atomic E-state index is 0.0962. The number of unbranched alkanes of at least 4 members (excludes halogenated alkanes) is 2. The van der Waals surface area contributed by atoms with Gasteiger partial charge in [0.1, 0.15) is 5.75 Å². The molecule has 0 N–H and O–H groups in total. The lowest BCUT2D eigenvalue weighted by molar-refractivity contribution is -0.274. The molecule has 2 nitrogen and oxygen atoms in total. The SMILES string of the molecule is CCCCCOc1ccc(-c2ccc(-c3ccc(OC(F)(F)F)cc3)cc2)c(F)c1F. The average Bonchev–Trinajstić information content (AvgIpc) is 2.74. The molecule has 0 aromatic heterocycles. The number of halogens is 5. The summed E-state index contributed by atoms with van der Waals surface area (Å²) in [5.41, 5.74) is 1.93. The Morgan fingerprint density at radius 1 is 0.710 bits per heavy atom. The van der Waals surface area contributed by atoms with Crippen LogP contribution in [-0.2, 0) is 0 Å². The molecule has 7 heteroatoms. The van der Waals surface area contributed by atoms with Crippen molar-refractivity contribution in [1.29, 1.82) is 0 Å². The van der Waals surface area contributed by atoms with Gasteiger partial charge in [0.15, 0.2) is 11.6 Å². The summed E-state index contributed by atoms with van der Waals surface area (Å²) in [6.07, 6.45) is -2.03. The molecule has 0 spiro atoms. The molecule has 0 radical (unpaired) electrons. The lowest BCUT2D eigenvalue weighted by Crippen LogP contribution is -2.16. The Labute approximate surface area is 177 Å². The number of alkyl halides is 3. The van der Waals surface area contributed by atoms with Gasteiger partial charge in [-0.1, -0.05) is 56.2 Å². The number of hydrogen-bond acceptors (Lipinski definition) is 2.